The van der Waals surface area contributed by atoms with E-state index in [-0.39, 0.29) is 10.6 Å². The molecule has 3 aromatic rings. The van der Waals surface area contributed by atoms with E-state index >= 15 is 0 Å². The van der Waals surface area contributed by atoms with Crippen LogP contribution in [0.2, 0.25) is 5.02 Å². The number of aromatic nitrogens is 2. The van der Waals surface area contributed by atoms with Crippen LogP contribution in [-0.2, 0) is 22.1 Å². The van der Waals surface area contributed by atoms with Gasteiger partial charge in [0.15, 0.2) is 15.7 Å². The SMILES string of the molecule is CN(C)Cc1cccc(CS(=O)(=O)c2ccc(-c3ncc(Cl)cn3)cc2)c1. The topological polar surface area (TPSA) is 63.2 Å². The molecule has 0 bridgehead atoms. The summed E-state index contributed by atoms with van der Waals surface area (Å²) in [5.74, 6) is 0.463. The third-order valence-corrected chi connectivity index (χ3v) is 5.84. The van der Waals surface area contributed by atoms with E-state index in [0.29, 0.717) is 10.8 Å². The molecule has 0 spiro atoms. The van der Waals surface area contributed by atoms with E-state index in [1.54, 1.807) is 24.3 Å². The summed E-state index contributed by atoms with van der Waals surface area (Å²) in [5.41, 5.74) is 2.60. The predicted octanol–water partition coefficient (Wildman–Crippen LogP) is 3.83. The third kappa shape index (κ3) is 5.13. The lowest BCUT2D eigenvalue weighted by molar-refractivity contribution is 0.402. The fourth-order valence-electron chi connectivity index (χ4n) is 2.76. The zero-order valence-electron chi connectivity index (χ0n) is 15.1. The minimum atomic E-state index is -3.44. The minimum absolute atomic E-state index is 0.0366. The summed E-state index contributed by atoms with van der Waals surface area (Å²) in [7, 11) is 0.523. The highest BCUT2D eigenvalue weighted by atomic mass is 35.5. The first-order chi connectivity index (χ1) is 12.8. The number of rotatable bonds is 6. The largest absolute Gasteiger partial charge is 0.305 e. The van der Waals surface area contributed by atoms with Crippen molar-refractivity contribution >= 4 is 21.4 Å². The van der Waals surface area contributed by atoms with E-state index in [0.717, 1.165) is 23.2 Å². The standard InChI is InChI=1S/C20H20ClN3O2S/c1-24(2)13-15-4-3-5-16(10-15)14-27(25,26)19-8-6-17(7-9-19)20-22-11-18(21)12-23-20/h3-12H,13-14H2,1-2H3. The van der Waals surface area contributed by atoms with Crippen molar-refractivity contribution in [3.8, 4) is 11.4 Å². The molecule has 1 aromatic heterocycles. The molecular formula is C20H20ClN3O2S. The van der Waals surface area contributed by atoms with Gasteiger partial charge in [-0.1, -0.05) is 35.9 Å². The van der Waals surface area contributed by atoms with Crippen molar-refractivity contribution in [1.82, 2.24) is 14.9 Å². The average molecular weight is 402 g/mol. The Morgan fingerprint density at radius 1 is 0.963 bits per heavy atom. The summed E-state index contributed by atoms with van der Waals surface area (Å²) >= 11 is 5.79. The Balaban J connectivity index is 1.80. The molecule has 27 heavy (non-hydrogen) atoms. The third-order valence-electron chi connectivity index (χ3n) is 3.94. The predicted molar refractivity (Wildman–Crippen MR) is 107 cm³/mol. The Labute approximate surface area is 164 Å². The lowest BCUT2D eigenvalue weighted by atomic mass is 10.1. The molecule has 7 heteroatoms. The van der Waals surface area contributed by atoms with Gasteiger partial charge in [0.05, 0.1) is 15.7 Å². The van der Waals surface area contributed by atoms with Crippen molar-refractivity contribution in [1.29, 1.82) is 0 Å². The number of sulfone groups is 1. The van der Waals surface area contributed by atoms with Crippen LogP contribution in [0.3, 0.4) is 0 Å². The second-order valence-corrected chi connectivity index (χ2v) is 8.99. The van der Waals surface area contributed by atoms with Gasteiger partial charge in [0, 0.05) is 24.5 Å². The van der Waals surface area contributed by atoms with Gasteiger partial charge in [-0.2, -0.15) is 0 Å². The molecule has 2 aromatic carbocycles. The van der Waals surface area contributed by atoms with Crippen LogP contribution in [0.25, 0.3) is 11.4 Å². The fraction of sp³-hybridized carbons (Fsp3) is 0.200. The van der Waals surface area contributed by atoms with Crippen LogP contribution in [-0.4, -0.2) is 37.4 Å². The first-order valence-corrected chi connectivity index (χ1v) is 10.4. The second kappa shape index (κ2) is 8.17. The van der Waals surface area contributed by atoms with Gasteiger partial charge in [-0.3, -0.25) is 0 Å². The number of halogens is 1. The molecular weight excluding hydrogens is 382 g/mol. The van der Waals surface area contributed by atoms with Gasteiger partial charge in [-0.25, -0.2) is 18.4 Å². The van der Waals surface area contributed by atoms with Crippen LogP contribution < -0.4 is 0 Å². The quantitative estimate of drug-likeness (QED) is 0.628. The lowest BCUT2D eigenvalue weighted by Gasteiger charge is -2.11. The number of hydrogen-bond acceptors (Lipinski definition) is 5. The van der Waals surface area contributed by atoms with Crippen molar-refractivity contribution < 1.29 is 8.42 Å². The van der Waals surface area contributed by atoms with Crippen LogP contribution in [0.5, 0.6) is 0 Å². The van der Waals surface area contributed by atoms with Gasteiger partial charge in [0.25, 0.3) is 0 Å². The average Bonchev–Trinajstić information content (AvgIpc) is 2.62. The summed E-state index contributed by atoms with van der Waals surface area (Å²) in [4.78, 5) is 10.6. The lowest BCUT2D eigenvalue weighted by Crippen LogP contribution is -2.11. The number of nitrogens with zero attached hydrogens (tertiary/aromatic N) is 3. The zero-order valence-corrected chi connectivity index (χ0v) is 16.7. The van der Waals surface area contributed by atoms with Gasteiger partial charge < -0.3 is 4.90 Å². The van der Waals surface area contributed by atoms with E-state index in [1.165, 1.54) is 12.4 Å². The molecule has 1 heterocycles. The maximum Gasteiger partial charge on any atom is 0.182 e. The summed E-state index contributed by atoms with van der Waals surface area (Å²) in [6.07, 6.45) is 3.02. The van der Waals surface area contributed by atoms with Gasteiger partial charge in [-0.15, -0.1) is 0 Å². The van der Waals surface area contributed by atoms with Crippen molar-refractivity contribution in [2.45, 2.75) is 17.2 Å². The molecule has 3 rings (SSSR count). The van der Waals surface area contributed by atoms with Crippen LogP contribution in [0.15, 0.2) is 65.8 Å². The molecule has 0 fully saturated rings. The molecule has 0 aliphatic carbocycles. The van der Waals surface area contributed by atoms with Gasteiger partial charge in [0.2, 0.25) is 0 Å². The number of hydrogen-bond donors (Lipinski definition) is 0. The van der Waals surface area contributed by atoms with Crippen LogP contribution in [0.4, 0.5) is 0 Å². The van der Waals surface area contributed by atoms with Crippen molar-refractivity contribution in [3.63, 3.8) is 0 Å². The van der Waals surface area contributed by atoms with E-state index in [4.69, 9.17) is 11.6 Å². The first-order valence-electron chi connectivity index (χ1n) is 8.37. The molecule has 5 nitrogen and oxygen atoms in total. The normalized spacial score (nSPS) is 11.7. The maximum atomic E-state index is 12.8. The van der Waals surface area contributed by atoms with Gasteiger partial charge in [0.1, 0.15) is 0 Å². The Bertz CT molecular complexity index is 1020. The molecule has 140 valence electrons. The van der Waals surface area contributed by atoms with Crippen molar-refractivity contribution in [2.24, 2.45) is 0 Å². The molecule has 0 atom stereocenters. The van der Waals surface area contributed by atoms with Gasteiger partial charge >= 0.3 is 0 Å². The molecule has 0 saturated heterocycles. The molecule has 0 N–H and O–H groups in total. The van der Waals surface area contributed by atoms with Gasteiger partial charge in [-0.05, 0) is 49.5 Å². The van der Waals surface area contributed by atoms with Crippen molar-refractivity contribution in [3.05, 3.63) is 77.1 Å². The van der Waals surface area contributed by atoms with Crippen LogP contribution in [0.1, 0.15) is 11.1 Å². The smallest absolute Gasteiger partial charge is 0.182 e. The molecule has 0 aliphatic heterocycles. The maximum absolute atomic E-state index is 12.8. The highest BCUT2D eigenvalue weighted by Gasteiger charge is 2.16. The Morgan fingerprint density at radius 3 is 2.22 bits per heavy atom. The van der Waals surface area contributed by atoms with Crippen molar-refractivity contribution in [2.75, 3.05) is 14.1 Å². The zero-order chi connectivity index (χ0) is 19.4. The molecule has 0 aliphatic rings. The Kier molecular flexibility index (Phi) is 5.89. The van der Waals surface area contributed by atoms with E-state index < -0.39 is 9.84 Å². The molecule has 0 amide bonds. The van der Waals surface area contributed by atoms with E-state index in [1.807, 2.05) is 43.3 Å². The number of benzene rings is 2. The molecule has 0 unspecified atom stereocenters. The summed E-state index contributed by atoms with van der Waals surface area (Å²) < 4.78 is 25.5. The fourth-order valence-corrected chi connectivity index (χ4v) is 4.19. The van der Waals surface area contributed by atoms with E-state index in [2.05, 4.69) is 9.97 Å². The Hall–Kier alpha value is -2.28. The molecule has 0 radical (unpaired) electrons. The van der Waals surface area contributed by atoms with Crippen LogP contribution >= 0.6 is 11.6 Å². The first kappa shape index (κ1) is 19.5. The highest BCUT2D eigenvalue weighted by molar-refractivity contribution is 7.90. The van der Waals surface area contributed by atoms with E-state index in [9.17, 15) is 8.42 Å². The minimum Gasteiger partial charge on any atom is -0.305 e. The second-order valence-electron chi connectivity index (χ2n) is 6.57. The Morgan fingerprint density at radius 2 is 1.59 bits per heavy atom. The highest BCUT2D eigenvalue weighted by Crippen LogP contribution is 2.22. The summed E-state index contributed by atoms with van der Waals surface area (Å²) in [6, 6.07) is 14.3. The summed E-state index contributed by atoms with van der Waals surface area (Å²) in [6.45, 7) is 0.768. The monoisotopic (exact) mass is 401 g/mol. The van der Waals surface area contributed by atoms with Crippen LogP contribution in [0, 0.1) is 0 Å². The molecule has 0 saturated carbocycles. The summed E-state index contributed by atoms with van der Waals surface area (Å²) in [5, 5.41) is 0.453.